The molecule has 0 atom stereocenters. The minimum absolute atomic E-state index is 0.0865. The fraction of sp³-hybridized carbons (Fsp3) is 0.435. The Morgan fingerprint density at radius 3 is 2.35 bits per heavy atom. The summed E-state index contributed by atoms with van der Waals surface area (Å²) in [4.78, 5) is 37.3. The summed E-state index contributed by atoms with van der Waals surface area (Å²) in [6.07, 6.45) is 1.90. The van der Waals surface area contributed by atoms with Gasteiger partial charge in [-0.05, 0) is 52.3 Å². The Hall–Kier alpha value is -3.29. The van der Waals surface area contributed by atoms with E-state index in [0.29, 0.717) is 24.7 Å². The SMILES string of the molecule is CCCCOc1ccc(C(=O)Nc2oc(C)c(C(C)=O)c2C(=O)OCC)cc1OCC. The fourth-order valence-corrected chi connectivity index (χ4v) is 2.99. The van der Waals surface area contributed by atoms with Gasteiger partial charge in [0.25, 0.3) is 5.91 Å². The Labute approximate surface area is 181 Å². The molecule has 8 heteroatoms. The Morgan fingerprint density at radius 1 is 1.00 bits per heavy atom. The van der Waals surface area contributed by atoms with Crippen molar-refractivity contribution in [2.45, 2.75) is 47.5 Å². The highest BCUT2D eigenvalue weighted by molar-refractivity contribution is 6.12. The van der Waals surface area contributed by atoms with Gasteiger partial charge >= 0.3 is 5.97 Å². The monoisotopic (exact) mass is 431 g/mol. The molecular formula is C23H29NO7. The summed E-state index contributed by atoms with van der Waals surface area (Å²) in [6, 6.07) is 4.81. The fourth-order valence-electron chi connectivity index (χ4n) is 2.99. The van der Waals surface area contributed by atoms with Gasteiger partial charge in [0.1, 0.15) is 11.3 Å². The predicted octanol–water partition coefficient (Wildman–Crippen LogP) is 4.80. The Bertz CT molecular complexity index is 946. The van der Waals surface area contributed by atoms with Crippen molar-refractivity contribution in [2.24, 2.45) is 0 Å². The number of carbonyl (C=O) groups is 3. The van der Waals surface area contributed by atoms with E-state index in [1.165, 1.54) is 6.92 Å². The van der Waals surface area contributed by atoms with E-state index in [4.69, 9.17) is 18.6 Å². The quantitative estimate of drug-likeness (QED) is 0.310. The maximum atomic E-state index is 12.9. The van der Waals surface area contributed by atoms with E-state index in [1.807, 2.05) is 6.92 Å². The molecule has 0 bridgehead atoms. The lowest BCUT2D eigenvalue weighted by molar-refractivity contribution is 0.0524. The van der Waals surface area contributed by atoms with Crippen molar-refractivity contribution in [1.29, 1.82) is 0 Å². The average molecular weight is 431 g/mol. The first-order valence-electron chi connectivity index (χ1n) is 10.4. The summed E-state index contributed by atoms with van der Waals surface area (Å²) < 4.78 is 21.9. The molecule has 0 radical (unpaired) electrons. The largest absolute Gasteiger partial charge is 0.490 e. The lowest BCUT2D eigenvalue weighted by Gasteiger charge is -2.13. The molecule has 2 aromatic rings. The van der Waals surface area contributed by atoms with Crippen LogP contribution in [0.1, 0.15) is 77.4 Å². The highest BCUT2D eigenvalue weighted by atomic mass is 16.5. The Kier molecular flexibility index (Phi) is 8.66. The van der Waals surface area contributed by atoms with Crippen molar-refractivity contribution < 1.29 is 33.0 Å². The molecule has 0 saturated heterocycles. The number of amides is 1. The minimum Gasteiger partial charge on any atom is -0.490 e. The number of unbranched alkanes of at least 4 members (excludes halogenated alkanes) is 1. The van der Waals surface area contributed by atoms with E-state index in [9.17, 15) is 14.4 Å². The molecule has 1 amide bonds. The maximum absolute atomic E-state index is 12.9. The van der Waals surface area contributed by atoms with Crippen LogP contribution in [0.3, 0.4) is 0 Å². The van der Waals surface area contributed by atoms with Crippen LogP contribution in [0.2, 0.25) is 0 Å². The third kappa shape index (κ3) is 5.87. The van der Waals surface area contributed by atoms with Gasteiger partial charge < -0.3 is 18.6 Å². The molecule has 168 valence electrons. The van der Waals surface area contributed by atoms with E-state index in [2.05, 4.69) is 12.2 Å². The number of hydrogen-bond acceptors (Lipinski definition) is 7. The molecular weight excluding hydrogens is 402 g/mol. The zero-order valence-corrected chi connectivity index (χ0v) is 18.6. The van der Waals surface area contributed by atoms with Gasteiger partial charge in [-0.3, -0.25) is 14.9 Å². The number of esters is 1. The van der Waals surface area contributed by atoms with E-state index in [-0.39, 0.29) is 40.7 Å². The van der Waals surface area contributed by atoms with E-state index < -0.39 is 11.9 Å². The predicted molar refractivity (Wildman–Crippen MR) is 115 cm³/mol. The van der Waals surface area contributed by atoms with Crippen molar-refractivity contribution in [3.05, 3.63) is 40.6 Å². The van der Waals surface area contributed by atoms with Crippen molar-refractivity contribution in [3.63, 3.8) is 0 Å². The lowest BCUT2D eigenvalue weighted by atomic mass is 10.1. The smallest absolute Gasteiger partial charge is 0.344 e. The summed E-state index contributed by atoms with van der Waals surface area (Å²) >= 11 is 0. The second kappa shape index (κ2) is 11.2. The van der Waals surface area contributed by atoms with Gasteiger partial charge in [0, 0.05) is 5.56 Å². The molecule has 0 aliphatic heterocycles. The first kappa shape index (κ1) is 24.0. The molecule has 1 aromatic heterocycles. The van der Waals surface area contributed by atoms with Crippen molar-refractivity contribution >= 4 is 23.5 Å². The number of ketones is 1. The molecule has 0 aliphatic carbocycles. The summed E-state index contributed by atoms with van der Waals surface area (Å²) in [5.74, 6) is -0.557. The second-order valence-electron chi connectivity index (χ2n) is 6.76. The van der Waals surface area contributed by atoms with Crippen LogP contribution in [-0.4, -0.2) is 37.5 Å². The third-order valence-electron chi connectivity index (χ3n) is 4.40. The molecule has 0 spiro atoms. The van der Waals surface area contributed by atoms with Crippen LogP contribution in [0.4, 0.5) is 5.88 Å². The Balaban J connectivity index is 2.34. The van der Waals surface area contributed by atoms with E-state index in [0.717, 1.165) is 12.8 Å². The number of hydrogen-bond donors (Lipinski definition) is 1. The molecule has 1 aromatic carbocycles. The number of nitrogens with one attached hydrogen (secondary N) is 1. The molecule has 0 saturated carbocycles. The third-order valence-corrected chi connectivity index (χ3v) is 4.40. The minimum atomic E-state index is -0.741. The van der Waals surface area contributed by atoms with E-state index >= 15 is 0 Å². The number of rotatable bonds is 11. The topological polar surface area (TPSA) is 104 Å². The molecule has 0 unspecified atom stereocenters. The van der Waals surface area contributed by atoms with Crippen molar-refractivity contribution in [3.8, 4) is 11.5 Å². The van der Waals surface area contributed by atoms with Crippen LogP contribution in [0.5, 0.6) is 11.5 Å². The van der Waals surface area contributed by atoms with Crippen LogP contribution < -0.4 is 14.8 Å². The standard InChI is InChI=1S/C23H29NO7/c1-6-9-12-30-17-11-10-16(13-18(17)28-7-2)21(26)24-22-20(23(27)29-8-3)19(14(4)25)15(5)31-22/h10-11,13H,6-9,12H2,1-5H3,(H,24,26). The van der Waals surface area contributed by atoms with Gasteiger partial charge in [-0.25, -0.2) is 4.79 Å². The number of benzene rings is 1. The highest BCUT2D eigenvalue weighted by Crippen LogP contribution is 2.31. The first-order chi connectivity index (χ1) is 14.8. The summed E-state index contributed by atoms with van der Waals surface area (Å²) in [5, 5.41) is 2.57. The maximum Gasteiger partial charge on any atom is 0.344 e. The number of furan rings is 1. The van der Waals surface area contributed by atoms with Crippen LogP contribution in [-0.2, 0) is 4.74 Å². The van der Waals surface area contributed by atoms with Gasteiger partial charge in [0.15, 0.2) is 17.3 Å². The normalized spacial score (nSPS) is 10.5. The van der Waals surface area contributed by atoms with Crippen LogP contribution in [0, 0.1) is 6.92 Å². The second-order valence-corrected chi connectivity index (χ2v) is 6.76. The van der Waals surface area contributed by atoms with Gasteiger partial charge in [0.05, 0.1) is 25.4 Å². The van der Waals surface area contributed by atoms with Gasteiger partial charge in [-0.15, -0.1) is 0 Å². The summed E-state index contributed by atoms with van der Waals surface area (Å²) in [7, 11) is 0. The van der Waals surface area contributed by atoms with Crippen LogP contribution in [0.25, 0.3) is 0 Å². The molecule has 0 aliphatic rings. The van der Waals surface area contributed by atoms with Crippen molar-refractivity contribution in [2.75, 3.05) is 25.1 Å². The molecule has 8 nitrogen and oxygen atoms in total. The van der Waals surface area contributed by atoms with Gasteiger partial charge in [-0.1, -0.05) is 13.3 Å². The zero-order chi connectivity index (χ0) is 23.0. The zero-order valence-electron chi connectivity index (χ0n) is 18.6. The number of anilines is 1. The van der Waals surface area contributed by atoms with Gasteiger partial charge in [0.2, 0.25) is 5.88 Å². The highest BCUT2D eigenvalue weighted by Gasteiger charge is 2.29. The molecule has 0 fully saturated rings. The molecule has 1 heterocycles. The number of ether oxygens (including phenoxy) is 3. The molecule has 31 heavy (non-hydrogen) atoms. The van der Waals surface area contributed by atoms with Crippen LogP contribution in [0.15, 0.2) is 22.6 Å². The number of aryl methyl sites for hydroxylation is 1. The Morgan fingerprint density at radius 2 is 1.74 bits per heavy atom. The molecule has 2 rings (SSSR count). The molecule has 1 N–H and O–H groups in total. The van der Waals surface area contributed by atoms with E-state index in [1.54, 1.807) is 32.0 Å². The number of Topliss-reactive ketones (excluding diaryl/α,β-unsaturated/α-hetero) is 1. The average Bonchev–Trinajstić information content (AvgIpc) is 3.05. The summed E-state index contributed by atoms with van der Waals surface area (Å²) in [5.41, 5.74) is 0.271. The van der Waals surface area contributed by atoms with Crippen LogP contribution >= 0.6 is 0 Å². The summed E-state index contributed by atoms with van der Waals surface area (Å²) in [6.45, 7) is 9.48. The van der Waals surface area contributed by atoms with Crippen molar-refractivity contribution in [1.82, 2.24) is 0 Å². The lowest BCUT2D eigenvalue weighted by Crippen LogP contribution is -2.16. The number of carbonyl (C=O) groups excluding carboxylic acids is 3. The first-order valence-corrected chi connectivity index (χ1v) is 10.4. The van der Waals surface area contributed by atoms with Gasteiger partial charge in [-0.2, -0.15) is 0 Å².